The molecule has 4 aromatic heterocycles. The van der Waals surface area contributed by atoms with E-state index in [2.05, 4.69) is 44.1 Å². The molecule has 0 fully saturated rings. The summed E-state index contributed by atoms with van der Waals surface area (Å²) in [5.41, 5.74) is 3.06. The summed E-state index contributed by atoms with van der Waals surface area (Å²) < 4.78 is 3.84. The number of hydrogen-bond acceptors (Lipinski definition) is 5. The molecule has 4 aromatic rings. The summed E-state index contributed by atoms with van der Waals surface area (Å²) in [6.45, 7) is 2.17. The van der Waals surface area contributed by atoms with Gasteiger partial charge in [-0.15, -0.1) is 11.3 Å². The molecule has 0 N–H and O–H groups in total. The molecule has 4 rings (SSSR count). The number of hydrogen-bond donors (Lipinski definition) is 0. The van der Waals surface area contributed by atoms with Gasteiger partial charge < -0.3 is 4.57 Å². The van der Waals surface area contributed by atoms with Crippen LogP contribution in [0.2, 0.25) is 0 Å². The van der Waals surface area contributed by atoms with E-state index in [4.69, 9.17) is 4.98 Å². The molecule has 7 heteroatoms. The first-order valence-electron chi connectivity index (χ1n) is 7.56. The van der Waals surface area contributed by atoms with Crippen LogP contribution in [-0.2, 0) is 6.42 Å². The van der Waals surface area contributed by atoms with Crippen molar-refractivity contribution in [2.24, 2.45) is 0 Å². The zero-order valence-electron chi connectivity index (χ0n) is 12.7. The Morgan fingerprint density at radius 3 is 2.96 bits per heavy atom. The molecule has 0 amide bonds. The second-order valence-corrected chi connectivity index (χ2v) is 6.29. The Balaban J connectivity index is 1.95. The molecular formula is C16H16N6S. The number of thiophene rings is 1. The Morgan fingerprint density at radius 2 is 2.22 bits per heavy atom. The van der Waals surface area contributed by atoms with Gasteiger partial charge in [-0.1, -0.05) is 19.4 Å². The topological polar surface area (TPSA) is 60.9 Å². The largest absolute Gasteiger partial charge is 0.323 e. The Kier molecular flexibility index (Phi) is 3.63. The lowest BCUT2D eigenvalue weighted by Gasteiger charge is -2.20. The van der Waals surface area contributed by atoms with Gasteiger partial charge in [-0.25, -0.2) is 19.5 Å². The summed E-state index contributed by atoms with van der Waals surface area (Å²) >= 11 is 1.73. The van der Waals surface area contributed by atoms with E-state index in [-0.39, 0.29) is 6.04 Å². The molecule has 1 atom stereocenters. The van der Waals surface area contributed by atoms with Crippen LogP contribution in [0.3, 0.4) is 0 Å². The van der Waals surface area contributed by atoms with Gasteiger partial charge in [0.25, 0.3) is 0 Å². The van der Waals surface area contributed by atoms with Crippen LogP contribution in [-0.4, -0.2) is 29.1 Å². The molecular weight excluding hydrogens is 308 g/mol. The fraction of sp³-hybridized carbons (Fsp3) is 0.250. The highest BCUT2D eigenvalue weighted by molar-refractivity contribution is 7.10. The van der Waals surface area contributed by atoms with Gasteiger partial charge >= 0.3 is 0 Å². The first-order valence-corrected chi connectivity index (χ1v) is 8.44. The van der Waals surface area contributed by atoms with Crippen LogP contribution in [0.1, 0.15) is 35.5 Å². The van der Waals surface area contributed by atoms with Crippen molar-refractivity contribution in [1.82, 2.24) is 29.1 Å². The molecule has 4 heterocycles. The number of fused-ring (bicyclic) bond motifs is 1. The van der Waals surface area contributed by atoms with Crippen molar-refractivity contribution in [3.05, 3.63) is 65.0 Å². The Labute approximate surface area is 137 Å². The predicted octanol–water partition coefficient (Wildman–Crippen LogP) is 2.97. The average Bonchev–Trinajstić information content (AvgIpc) is 3.32. The van der Waals surface area contributed by atoms with Crippen LogP contribution in [0.4, 0.5) is 0 Å². The lowest BCUT2D eigenvalue weighted by atomic mass is 10.0. The van der Waals surface area contributed by atoms with Gasteiger partial charge in [-0.05, 0) is 17.9 Å². The molecule has 0 bridgehead atoms. The van der Waals surface area contributed by atoms with Gasteiger partial charge in [0.15, 0.2) is 5.65 Å². The van der Waals surface area contributed by atoms with E-state index < -0.39 is 0 Å². The van der Waals surface area contributed by atoms with Crippen molar-refractivity contribution in [2.75, 3.05) is 0 Å². The van der Waals surface area contributed by atoms with Gasteiger partial charge in [-0.3, -0.25) is 0 Å². The third-order valence-electron chi connectivity index (χ3n) is 3.85. The maximum atomic E-state index is 4.73. The minimum absolute atomic E-state index is 0.0146. The van der Waals surface area contributed by atoms with Crippen LogP contribution in [0.5, 0.6) is 0 Å². The summed E-state index contributed by atoms with van der Waals surface area (Å²) in [5, 5.41) is 6.31. The molecule has 116 valence electrons. The fourth-order valence-corrected chi connectivity index (χ4v) is 3.71. The monoisotopic (exact) mass is 324 g/mol. The summed E-state index contributed by atoms with van der Waals surface area (Å²) in [4.78, 5) is 14.6. The van der Waals surface area contributed by atoms with E-state index in [0.29, 0.717) is 0 Å². The van der Waals surface area contributed by atoms with E-state index in [1.54, 1.807) is 34.7 Å². The van der Waals surface area contributed by atoms with E-state index >= 15 is 0 Å². The lowest BCUT2D eigenvalue weighted by Crippen LogP contribution is -2.15. The number of imidazole rings is 1. The van der Waals surface area contributed by atoms with Crippen LogP contribution < -0.4 is 0 Å². The SMILES string of the molecule is CCCc1c(C(c2cccs2)n2ccnc2)ncn2ncnc12. The van der Waals surface area contributed by atoms with Gasteiger partial charge in [-0.2, -0.15) is 5.10 Å². The molecule has 0 saturated heterocycles. The zero-order valence-corrected chi connectivity index (χ0v) is 13.5. The molecule has 0 aromatic carbocycles. The van der Waals surface area contributed by atoms with Gasteiger partial charge in [0.1, 0.15) is 18.7 Å². The highest BCUT2D eigenvalue weighted by Crippen LogP contribution is 2.32. The first kappa shape index (κ1) is 14.1. The van der Waals surface area contributed by atoms with Gasteiger partial charge in [0.2, 0.25) is 0 Å². The minimum atomic E-state index is 0.0146. The van der Waals surface area contributed by atoms with Crippen molar-refractivity contribution in [1.29, 1.82) is 0 Å². The molecule has 6 nitrogen and oxygen atoms in total. The summed E-state index contributed by atoms with van der Waals surface area (Å²) in [6.07, 6.45) is 10.9. The predicted molar refractivity (Wildman–Crippen MR) is 88.6 cm³/mol. The quantitative estimate of drug-likeness (QED) is 0.566. The summed E-state index contributed by atoms with van der Waals surface area (Å²) in [7, 11) is 0. The van der Waals surface area contributed by atoms with Crippen molar-refractivity contribution in [2.45, 2.75) is 25.8 Å². The van der Waals surface area contributed by atoms with Crippen LogP contribution >= 0.6 is 11.3 Å². The van der Waals surface area contributed by atoms with Crippen LogP contribution in [0, 0.1) is 0 Å². The van der Waals surface area contributed by atoms with Gasteiger partial charge in [0.05, 0.1) is 12.0 Å². The maximum Gasteiger partial charge on any atom is 0.162 e. The second-order valence-electron chi connectivity index (χ2n) is 5.31. The normalized spacial score (nSPS) is 12.7. The standard InChI is InChI=1S/C16H16N6S/c1-2-4-12-14(19-11-22-16(12)18-9-20-22)15(13-5-3-8-23-13)21-7-6-17-10-21/h3,5-11,15H,2,4H2,1H3. The molecule has 0 spiro atoms. The average molecular weight is 324 g/mol. The number of rotatable bonds is 5. The zero-order chi connectivity index (χ0) is 15.6. The van der Waals surface area contributed by atoms with Crippen LogP contribution in [0.15, 0.2) is 48.9 Å². The third-order valence-corrected chi connectivity index (χ3v) is 4.78. The molecule has 0 aliphatic heterocycles. The number of aryl methyl sites for hydroxylation is 1. The van der Waals surface area contributed by atoms with Crippen molar-refractivity contribution in [3.8, 4) is 0 Å². The second kappa shape index (κ2) is 5.92. The molecule has 0 aliphatic rings. The smallest absolute Gasteiger partial charge is 0.162 e. The van der Waals surface area contributed by atoms with E-state index in [1.807, 2.05) is 12.5 Å². The van der Waals surface area contributed by atoms with Crippen LogP contribution in [0.25, 0.3) is 5.65 Å². The molecule has 23 heavy (non-hydrogen) atoms. The Bertz CT molecular complexity index is 860. The highest BCUT2D eigenvalue weighted by atomic mass is 32.1. The lowest BCUT2D eigenvalue weighted by molar-refractivity contribution is 0.650. The molecule has 0 radical (unpaired) electrons. The highest BCUT2D eigenvalue weighted by Gasteiger charge is 2.23. The number of nitrogens with zero attached hydrogens (tertiary/aromatic N) is 6. The number of aromatic nitrogens is 6. The summed E-state index contributed by atoms with van der Waals surface area (Å²) in [6, 6.07) is 4.22. The van der Waals surface area contributed by atoms with Crippen molar-refractivity contribution in [3.63, 3.8) is 0 Å². The van der Waals surface area contributed by atoms with Crippen molar-refractivity contribution < 1.29 is 0 Å². The molecule has 0 saturated carbocycles. The third kappa shape index (κ3) is 2.43. The van der Waals surface area contributed by atoms with E-state index in [0.717, 1.165) is 29.7 Å². The van der Waals surface area contributed by atoms with Crippen molar-refractivity contribution >= 4 is 17.0 Å². The minimum Gasteiger partial charge on any atom is -0.323 e. The summed E-state index contributed by atoms with van der Waals surface area (Å²) in [5.74, 6) is 0. The first-order chi connectivity index (χ1) is 11.4. The molecule has 0 aliphatic carbocycles. The Morgan fingerprint density at radius 1 is 1.26 bits per heavy atom. The fourth-order valence-electron chi connectivity index (χ4n) is 2.88. The van der Waals surface area contributed by atoms with E-state index in [9.17, 15) is 0 Å². The molecule has 1 unspecified atom stereocenters. The van der Waals surface area contributed by atoms with E-state index in [1.165, 1.54) is 4.88 Å². The Hall–Kier alpha value is -2.54. The van der Waals surface area contributed by atoms with Gasteiger partial charge in [0, 0.05) is 22.8 Å². The maximum absolute atomic E-state index is 4.73.